The van der Waals surface area contributed by atoms with E-state index in [2.05, 4.69) is 36.4 Å². The highest BCUT2D eigenvalue weighted by atomic mass is 16.1. The van der Waals surface area contributed by atoms with Gasteiger partial charge >= 0.3 is 0 Å². The molecule has 3 nitrogen and oxygen atoms in total. The maximum atomic E-state index is 10.4. The number of hydrogen-bond acceptors (Lipinski definition) is 2. The maximum Gasteiger partial charge on any atom is 0.240 e. The number of benzene rings is 1. The predicted molar refractivity (Wildman–Crippen MR) is 64.8 cm³/mol. The van der Waals surface area contributed by atoms with Crippen molar-refractivity contribution in [2.75, 3.05) is 0 Å². The number of hydrogen-bond donors (Lipinski definition) is 0. The van der Waals surface area contributed by atoms with Crippen molar-refractivity contribution in [3.8, 4) is 0 Å². The van der Waals surface area contributed by atoms with Gasteiger partial charge in [-0.05, 0) is 26.3 Å². The van der Waals surface area contributed by atoms with E-state index in [1.54, 1.807) is 6.08 Å². The van der Waals surface area contributed by atoms with Crippen LogP contribution in [0.1, 0.15) is 25.5 Å². The number of aromatic nitrogens is 1. The third kappa shape index (κ3) is 1.55. The Hall–Kier alpha value is -1.86. The molecule has 1 aromatic carbocycles. The molecule has 3 heteroatoms. The van der Waals surface area contributed by atoms with Gasteiger partial charge < -0.3 is 4.57 Å². The minimum atomic E-state index is 0.346. The van der Waals surface area contributed by atoms with Gasteiger partial charge in [-0.15, -0.1) is 0 Å². The van der Waals surface area contributed by atoms with Crippen molar-refractivity contribution < 1.29 is 4.79 Å². The van der Waals surface area contributed by atoms with E-state index < -0.39 is 0 Å². The summed E-state index contributed by atoms with van der Waals surface area (Å²) in [6.45, 7) is 6.29. The van der Waals surface area contributed by atoms with E-state index >= 15 is 0 Å². The van der Waals surface area contributed by atoms with Crippen LogP contribution in [0.2, 0.25) is 0 Å². The molecule has 0 amide bonds. The fourth-order valence-corrected chi connectivity index (χ4v) is 2.02. The average Bonchev–Trinajstić information content (AvgIpc) is 2.60. The molecule has 1 heterocycles. The minimum absolute atomic E-state index is 0.346. The number of para-hydroxylation sites is 1. The van der Waals surface area contributed by atoms with E-state index in [0.29, 0.717) is 11.7 Å². The lowest BCUT2D eigenvalue weighted by Gasteiger charge is -2.10. The second-order valence-electron chi connectivity index (χ2n) is 4.19. The van der Waals surface area contributed by atoms with Crippen LogP contribution in [0.15, 0.2) is 29.4 Å². The monoisotopic (exact) mass is 214 g/mol. The first kappa shape index (κ1) is 10.7. The van der Waals surface area contributed by atoms with E-state index in [-0.39, 0.29) is 0 Å². The zero-order valence-electron chi connectivity index (χ0n) is 9.69. The summed E-state index contributed by atoms with van der Waals surface area (Å²) in [6.07, 6.45) is 3.52. The Kier molecular flexibility index (Phi) is 2.63. The Balaban J connectivity index is 2.87. The van der Waals surface area contributed by atoms with Crippen LogP contribution in [0, 0.1) is 6.92 Å². The molecule has 1 aromatic heterocycles. The van der Waals surface area contributed by atoms with Crippen molar-refractivity contribution in [3.63, 3.8) is 0 Å². The number of carbonyl (C=O) groups excluding carboxylic acids is 1. The van der Waals surface area contributed by atoms with Crippen molar-refractivity contribution in [1.29, 1.82) is 0 Å². The topological polar surface area (TPSA) is 34.4 Å². The highest BCUT2D eigenvalue weighted by Crippen LogP contribution is 2.32. The Bertz CT molecular complexity index is 575. The van der Waals surface area contributed by atoms with Gasteiger partial charge in [0.2, 0.25) is 6.08 Å². The van der Waals surface area contributed by atoms with Crippen molar-refractivity contribution >= 4 is 22.7 Å². The predicted octanol–water partition coefficient (Wildman–Crippen LogP) is 3.50. The van der Waals surface area contributed by atoms with E-state index in [1.165, 1.54) is 5.56 Å². The summed E-state index contributed by atoms with van der Waals surface area (Å²) in [7, 11) is 0. The Morgan fingerprint density at radius 3 is 2.75 bits per heavy atom. The molecule has 0 saturated heterocycles. The van der Waals surface area contributed by atoms with Gasteiger partial charge in [0.25, 0.3) is 0 Å². The van der Waals surface area contributed by atoms with Crippen molar-refractivity contribution in [1.82, 2.24) is 4.57 Å². The van der Waals surface area contributed by atoms with Crippen LogP contribution >= 0.6 is 0 Å². The van der Waals surface area contributed by atoms with E-state index in [4.69, 9.17) is 0 Å². The Morgan fingerprint density at radius 1 is 1.38 bits per heavy atom. The molecule has 0 bridgehead atoms. The van der Waals surface area contributed by atoms with Crippen LogP contribution in [0.25, 0.3) is 10.9 Å². The van der Waals surface area contributed by atoms with Crippen LogP contribution < -0.4 is 0 Å². The lowest BCUT2D eigenvalue weighted by molar-refractivity contribution is 0.565. The van der Waals surface area contributed by atoms with Crippen LogP contribution in [0.5, 0.6) is 0 Å². The van der Waals surface area contributed by atoms with E-state index in [9.17, 15) is 4.79 Å². The smallest absolute Gasteiger partial charge is 0.240 e. The van der Waals surface area contributed by atoms with Crippen molar-refractivity contribution in [2.45, 2.75) is 26.8 Å². The molecule has 0 aliphatic rings. The molecule has 82 valence electrons. The maximum absolute atomic E-state index is 10.4. The zero-order chi connectivity index (χ0) is 11.7. The highest BCUT2D eigenvalue weighted by Gasteiger charge is 2.11. The molecular formula is C13H14N2O. The summed E-state index contributed by atoms with van der Waals surface area (Å²) in [4.78, 5) is 14.1. The zero-order valence-corrected chi connectivity index (χ0v) is 9.69. The quantitative estimate of drug-likeness (QED) is 0.556. The molecule has 0 aliphatic heterocycles. The first-order valence-corrected chi connectivity index (χ1v) is 5.33. The lowest BCUT2D eigenvalue weighted by atomic mass is 10.1. The summed E-state index contributed by atoms with van der Waals surface area (Å²) in [5.74, 6) is 0. The summed E-state index contributed by atoms with van der Waals surface area (Å²) < 4.78 is 2.14. The summed E-state index contributed by atoms with van der Waals surface area (Å²) >= 11 is 0. The molecule has 16 heavy (non-hydrogen) atoms. The molecule has 0 fully saturated rings. The van der Waals surface area contributed by atoms with Gasteiger partial charge in [-0.1, -0.05) is 18.2 Å². The SMILES string of the molecule is Cc1cccc2c(N=C=O)cn(C(C)C)c12. The molecule has 2 aromatic rings. The largest absolute Gasteiger partial charge is 0.342 e. The normalized spacial score (nSPS) is 10.8. The standard InChI is InChI=1S/C13H14N2O/c1-9(2)15-7-12(14-8-16)11-6-4-5-10(3)13(11)15/h4-7,9H,1-3H3. The van der Waals surface area contributed by atoms with Gasteiger partial charge in [-0.2, -0.15) is 4.99 Å². The second kappa shape index (κ2) is 3.95. The molecule has 0 saturated carbocycles. The first-order valence-electron chi connectivity index (χ1n) is 5.33. The third-order valence-corrected chi connectivity index (χ3v) is 2.76. The van der Waals surface area contributed by atoms with E-state index in [0.717, 1.165) is 10.9 Å². The van der Waals surface area contributed by atoms with Crippen LogP contribution in [-0.2, 0) is 4.79 Å². The summed E-state index contributed by atoms with van der Waals surface area (Å²) in [6, 6.07) is 6.37. The van der Waals surface area contributed by atoms with Gasteiger partial charge in [0.05, 0.1) is 5.52 Å². The molecule has 0 N–H and O–H groups in total. The van der Waals surface area contributed by atoms with E-state index in [1.807, 2.05) is 18.3 Å². The van der Waals surface area contributed by atoms with Crippen molar-refractivity contribution in [3.05, 3.63) is 30.0 Å². The third-order valence-electron chi connectivity index (χ3n) is 2.76. The number of nitrogens with zero attached hydrogens (tertiary/aromatic N) is 2. The van der Waals surface area contributed by atoms with Gasteiger partial charge in [0.1, 0.15) is 5.69 Å². The van der Waals surface area contributed by atoms with Crippen LogP contribution in [-0.4, -0.2) is 10.6 Å². The van der Waals surface area contributed by atoms with Crippen molar-refractivity contribution in [2.24, 2.45) is 4.99 Å². The minimum Gasteiger partial charge on any atom is -0.342 e. The average molecular weight is 214 g/mol. The Morgan fingerprint density at radius 2 is 2.12 bits per heavy atom. The molecule has 0 spiro atoms. The van der Waals surface area contributed by atoms with Crippen LogP contribution in [0.4, 0.5) is 5.69 Å². The molecule has 0 aliphatic carbocycles. The van der Waals surface area contributed by atoms with Crippen LogP contribution in [0.3, 0.4) is 0 Å². The Labute approximate surface area is 94.4 Å². The van der Waals surface area contributed by atoms with Gasteiger partial charge in [-0.3, -0.25) is 0 Å². The van der Waals surface area contributed by atoms with Gasteiger partial charge in [0.15, 0.2) is 0 Å². The number of aryl methyl sites for hydroxylation is 1. The molecule has 0 atom stereocenters. The second-order valence-corrected chi connectivity index (χ2v) is 4.19. The molecule has 0 unspecified atom stereocenters. The molecular weight excluding hydrogens is 200 g/mol. The highest BCUT2D eigenvalue weighted by molar-refractivity contribution is 5.94. The lowest BCUT2D eigenvalue weighted by Crippen LogP contribution is -1.99. The summed E-state index contributed by atoms with van der Waals surface area (Å²) in [5.41, 5.74) is 3.03. The van der Waals surface area contributed by atoms with Gasteiger partial charge in [-0.25, -0.2) is 4.79 Å². The number of aliphatic imine (C=N–C) groups is 1. The summed E-state index contributed by atoms with van der Waals surface area (Å²) in [5, 5.41) is 1.01. The molecule has 2 rings (SSSR count). The number of fused-ring (bicyclic) bond motifs is 1. The fourth-order valence-electron chi connectivity index (χ4n) is 2.02. The van der Waals surface area contributed by atoms with Gasteiger partial charge in [0, 0.05) is 17.6 Å². The number of rotatable bonds is 2. The first-order chi connectivity index (χ1) is 7.65. The molecule has 0 radical (unpaired) electrons. The number of isocyanates is 1. The fraction of sp³-hybridized carbons (Fsp3) is 0.308.